The van der Waals surface area contributed by atoms with E-state index in [-0.39, 0.29) is 42.4 Å². The van der Waals surface area contributed by atoms with Crippen molar-refractivity contribution in [2.75, 3.05) is 20.3 Å². The Morgan fingerprint density at radius 2 is 1.98 bits per heavy atom. The van der Waals surface area contributed by atoms with Crippen molar-refractivity contribution in [2.24, 2.45) is 0 Å². The van der Waals surface area contributed by atoms with Gasteiger partial charge in [-0.1, -0.05) is 12.6 Å². The summed E-state index contributed by atoms with van der Waals surface area (Å²) < 4.78 is 38.6. The average molecular weight is 642 g/mol. The van der Waals surface area contributed by atoms with Crippen LogP contribution in [0.4, 0.5) is 8.78 Å². The van der Waals surface area contributed by atoms with Crippen LogP contribution in [0.5, 0.6) is 5.75 Å². The van der Waals surface area contributed by atoms with Gasteiger partial charge in [0, 0.05) is 58.5 Å². The molecule has 5 aromatic rings. The summed E-state index contributed by atoms with van der Waals surface area (Å²) in [7, 11) is 1.75. The van der Waals surface area contributed by atoms with Crippen LogP contribution in [0.15, 0.2) is 60.5 Å². The van der Waals surface area contributed by atoms with Gasteiger partial charge in [-0.3, -0.25) is 14.3 Å². The number of amides is 2. The van der Waals surface area contributed by atoms with Gasteiger partial charge in [-0.2, -0.15) is 5.10 Å². The van der Waals surface area contributed by atoms with Gasteiger partial charge in [0.05, 0.1) is 36.6 Å². The molecule has 0 spiro atoms. The minimum atomic E-state index is -0.849. The predicted octanol–water partition coefficient (Wildman–Crippen LogP) is 5.65. The van der Waals surface area contributed by atoms with Crippen LogP contribution >= 0.6 is 11.3 Å². The summed E-state index contributed by atoms with van der Waals surface area (Å²) in [6, 6.07) is 11.1. The van der Waals surface area contributed by atoms with E-state index < -0.39 is 11.6 Å². The van der Waals surface area contributed by atoms with Crippen LogP contribution in [0.25, 0.3) is 43.9 Å². The molecule has 0 unspecified atom stereocenters. The van der Waals surface area contributed by atoms with Crippen LogP contribution in [0, 0.1) is 11.6 Å². The normalized spacial score (nSPS) is 15.8. The number of aliphatic hydroxyl groups excluding tert-OH is 1. The van der Waals surface area contributed by atoms with E-state index in [9.17, 15) is 19.1 Å². The maximum atomic E-state index is 15.9. The van der Waals surface area contributed by atoms with Gasteiger partial charge >= 0.3 is 0 Å². The van der Waals surface area contributed by atoms with Crippen molar-refractivity contribution in [3.63, 3.8) is 0 Å². The molecule has 2 aromatic carbocycles. The van der Waals surface area contributed by atoms with E-state index in [1.807, 2.05) is 41.3 Å². The Balaban J connectivity index is 1.49. The molecular formula is C34H29F2N5O4S. The Morgan fingerprint density at radius 1 is 1.15 bits per heavy atom. The van der Waals surface area contributed by atoms with Crippen molar-refractivity contribution in [1.82, 2.24) is 24.6 Å². The third-order valence-electron chi connectivity index (χ3n) is 8.45. The SMILES string of the molecule is C=CC(=O)N1Cc2cc(-c3nc(-c4ccc5c(c4)CN(C)C5=O)c4ccsc4c3-c3c(F)cc(F)cc3OCCO)nn2C[C@H]1C. The van der Waals surface area contributed by atoms with Crippen LogP contribution < -0.4 is 4.74 Å². The number of aliphatic hydroxyl groups is 1. The zero-order chi connectivity index (χ0) is 32.3. The Kier molecular flexibility index (Phi) is 7.41. The number of carbonyl (C=O) groups is 2. The van der Waals surface area contributed by atoms with E-state index in [1.54, 1.807) is 22.9 Å². The van der Waals surface area contributed by atoms with Crippen LogP contribution in [0.3, 0.4) is 0 Å². The smallest absolute Gasteiger partial charge is 0.254 e. The van der Waals surface area contributed by atoms with E-state index in [0.717, 1.165) is 34.3 Å². The summed E-state index contributed by atoms with van der Waals surface area (Å²) in [4.78, 5) is 33.7. The third kappa shape index (κ3) is 4.85. The lowest BCUT2D eigenvalue weighted by Crippen LogP contribution is -2.44. The lowest BCUT2D eigenvalue weighted by molar-refractivity contribution is -0.129. The van der Waals surface area contributed by atoms with Crippen molar-refractivity contribution >= 4 is 33.2 Å². The van der Waals surface area contributed by atoms with Gasteiger partial charge in [0.2, 0.25) is 5.91 Å². The number of benzene rings is 2. The summed E-state index contributed by atoms with van der Waals surface area (Å²) in [6.07, 6.45) is 1.28. The first kappa shape index (κ1) is 29.8. The second-order valence-corrected chi connectivity index (χ2v) is 12.4. The van der Waals surface area contributed by atoms with Gasteiger partial charge < -0.3 is 19.6 Å². The molecule has 0 saturated carbocycles. The minimum absolute atomic E-state index is 0.000302. The molecule has 1 N–H and O–H groups in total. The lowest BCUT2D eigenvalue weighted by atomic mass is 9.95. The molecule has 2 amide bonds. The molecule has 2 aliphatic heterocycles. The minimum Gasteiger partial charge on any atom is -0.490 e. The molecule has 2 aliphatic rings. The highest BCUT2D eigenvalue weighted by Gasteiger charge is 2.31. The molecule has 1 atom stereocenters. The molecule has 0 saturated heterocycles. The molecule has 9 nitrogen and oxygen atoms in total. The van der Waals surface area contributed by atoms with Gasteiger partial charge in [-0.05, 0) is 48.2 Å². The highest BCUT2D eigenvalue weighted by atomic mass is 32.1. The quantitative estimate of drug-likeness (QED) is 0.231. The molecule has 7 rings (SSSR count). The predicted molar refractivity (Wildman–Crippen MR) is 170 cm³/mol. The molecule has 234 valence electrons. The second-order valence-electron chi connectivity index (χ2n) is 11.4. The van der Waals surface area contributed by atoms with Crippen molar-refractivity contribution < 1.29 is 28.2 Å². The van der Waals surface area contributed by atoms with E-state index in [0.29, 0.717) is 52.5 Å². The van der Waals surface area contributed by atoms with Gasteiger partial charge in [-0.15, -0.1) is 11.3 Å². The summed E-state index contributed by atoms with van der Waals surface area (Å²) in [5.41, 5.74) is 4.82. The zero-order valence-corrected chi connectivity index (χ0v) is 25.9. The van der Waals surface area contributed by atoms with Crippen molar-refractivity contribution in [3.05, 3.63) is 89.0 Å². The number of hydrogen-bond donors (Lipinski definition) is 1. The van der Waals surface area contributed by atoms with E-state index in [2.05, 4.69) is 6.58 Å². The fourth-order valence-corrected chi connectivity index (χ4v) is 7.23. The standard InChI is InChI=1S/C34H29F2N5O4S/c1-4-28(43)40-17-22-14-26(38-41(22)15-18(40)2)32-30(29-25(36)12-21(35)13-27(29)45-9-8-42)33-24(7-10-46-33)31(37-32)19-5-6-23-20(11-19)16-39(3)34(23)44/h4-7,10-14,18,42H,1,8-9,15-17H2,2-3H3/t18-/m1/s1. The third-order valence-corrected chi connectivity index (χ3v) is 9.39. The first-order valence-corrected chi connectivity index (χ1v) is 15.6. The highest BCUT2D eigenvalue weighted by Crippen LogP contribution is 2.47. The number of rotatable bonds is 7. The molecule has 5 heterocycles. The Labute approximate surface area is 267 Å². The van der Waals surface area contributed by atoms with Gasteiger partial charge in [0.25, 0.3) is 5.91 Å². The number of fused-ring (bicyclic) bond motifs is 3. The lowest BCUT2D eigenvalue weighted by Gasteiger charge is -2.33. The second kappa shape index (κ2) is 11.5. The number of hydrogen-bond acceptors (Lipinski definition) is 7. The Hall–Kier alpha value is -4.94. The zero-order valence-electron chi connectivity index (χ0n) is 25.1. The summed E-state index contributed by atoms with van der Waals surface area (Å²) in [5.74, 6) is -1.98. The fourth-order valence-electron chi connectivity index (χ4n) is 6.29. The molecule has 0 fully saturated rings. The van der Waals surface area contributed by atoms with Crippen LogP contribution in [0.2, 0.25) is 0 Å². The number of halogens is 2. The molecule has 3 aromatic heterocycles. The maximum Gasteiger partial charge on any atom is 0.254 e. The van der Waals surface area contributed by atoms with Gasteiger partial charge in [0.1, 0.15) is 35.4 Å². The van der Waals surface area contributed by atoms with Crippen LogP contribution in [0.1, 0.15) is 28.5 Å². The van der Waals surface area contributed by atoms with Crippen molar-refractivity contribution in [3.8, 4) is 39.5 Å². The van der Waals surface area contributed by atoms with Crippen molar-refractivity contribution in [2.45, 2.75) is 32.6 Å². The number of carbonyl (C=O) groups excluding carboxylic acids is 2. The largest absolute Gasteiger partial charge is 0.490 e. The first-order valence-electron chi connectivity index (χ1n) is 14.7. The van der Waals surface area contributed by atoms with E-state index >= 15 is 4.39 Å². The summed E-state index contributed by atoms with van der Waals surface area (Å²) in [6.45, 7) is 6.24. The number of ether oxygens (including phenoxy) is 1. The van der Waals surface area contributed by atoms with Gasteiger partial charge in [0.15, 0.2) is 0 Å². The Morgan fingerprint density at radius 3 is 2.76 bits per heavy atom. The first-order chi connectivity index (χ1) is 22.2. The van der Waals surface area contributed by atoms with E-state index in [1.165, 1.54) is 17.4 Å². The molecule has 46 heavy (non-hydrogen) atoms. The molecular weight excluding hydrogens is 612 g/mol. The monoisotopic (exact) mass is 641 g/mol. The van der Waals surface area contributed by atoms with Crippen LogP contribution in [-0.4, -0.2) is 67.8 Å². The van der Waals surface area contributed by atoms with Crippen LogP contribution in [-0.2, 0) is 24.4 Å². The summed E-state index contributed by atoms with van der Waals surface area (Å²) >= 11 is 1.37. The fraction of sp³-hybridized carbons (Fsp3) is 0.235. The topological polar surface area (TPSA) is 101 Å². The number of nitrogens with zero attached hydrogens (tertiary/aromatic N) is 5. The molecule has 0 radical (unpaired) electrons. The number of aromatic nitrogens is 3. The summed E-state index contributed by atoms with van der Waals surface area (Å²) in [5, 5.41) is 17.0. The average Bonchev–Trinajstić information content (AvgIpc) is 3.75. The van der Waals surface area contributed by atoms with Crippen molar-refractivity contribution in [1.29, 1.82) is 0 Å². The molecule has 12 heteroatoms. The van der Waals surface area contributed by atoms with Gasteiger partial charge in [-0.25, -0.2) is 13.8 Å². The van der Waals surface area contributed by atoms with E-state index in [4.69, 9.17) is 14.8 Å². The maximum absolute atomic E-state index is 15.9. The number of thiophene rings is 1. The molecule has 0 aliphatic carbocycles. The Bertz CT molecular complexity index is 2070. The molecule has 0 bridgehead atoms. The highest BCUT2D eigenvalue weighted by molar-refractivity contribution is 7.18. The number of pyridine rings is 1.